The molecule has 0 unspecified atom stereocenters. The highest BCUT2D eigenvalue weighted by Crippen LogP contribution is 2.42. The van der Waals surface area contributed by atoms with Crippen LogP contribution in [0.4, 0.5) is 11.6 Å². The van der Waals surface area contributed by atoms with Gasteiger partial charge in [0.15, 0.2) is 11.6 Å². The number of amides is 1. The molecule has 3 aromatic rings. The quantitative estimate of drug-likeness (QED) is 0.660. The van der Waals surface area contributed by atoms with Crippen molar-refractivity contribution in [1.82, 2.24) is 20.0 Å². The number of aromatic nitrogens is 4. The van der Waals surface area contributed by atoms with E-state index in [2.05, 4.69) is 20.4 Å². The highest BCUT2D eigenvalue weighted by Gasteiger charge is 2.34. The van der Waals surface area contributed by atoms with Crippen LogP contribution < -0.4 is 15.0 Å². The fourth-order valence-corrected chi connectivity index (χ4v) is 4.43. The summed E-state index contributed by atoms with van der Waals surface area (Å²) in [6.45, 7) is 7.43. The number of nitrogens with zero attached hydrogens (tertiary/aromatic N) is 5. The van der Waals surface area contributed by atoms with Crippen molar-refractivity contribution in [3.63, 3.8) is 0 Å². The number of ether oxygens (including phenoxy) is 2. The summed E-state index contributed by atoms with van der Waals surface area (Å²) in [6.07, 6.45) is 0.339. The van der Waals surface area contributed by atoms with E-state index in [9.17, 15) is 4.79 Å². The van der Waals surface area contributed by atoms with Crippen LogP contribution >= 0.6 is 0 Å². The van der Waals surface area contributed by atoms with Gasteiger partial charge in [0, 0.05) is 36.6 Å². The lowest BCUT2D eigenvalue weighted by molar-refractivity contribution is -0.116. The van der Waals surface area contributed by atoms with Gasteiger partial charge in [-0.1, -0.05) is 18.2 Å². The zero-order valence-corrected chi connectivity index (χ0v) is 18.2. The Bertz CT molecular complexity index is 1120. The number of hydrogen-bond acceptors (Lipinski definition) is 7. The van der Waals surface area contributed by atoms with Crippen LogP contribution in [0, 0.1) is 6.92 Å². The van der Waals surface area contributed by atoms with Crippen LogP contribution in [0.25, 0.3) is 5.82 Å². The Morgan fingerprint density at radius 3 is 2.62 bits per heavy atom. The third-order valence-electron chi connectivity index (χ3n) is 5.89. The van der Waals surface area contributed by atoms with Crippen molar-refractivity contribution in [3.8, 4) is 11.6 Å². The molecule has 32 heavy (non-hydrogen) atoms. The molecule has 2 aliphatic rings. The minimum atomic E-state index is -0.143. The van der Waals surface area contributed by atoms with E-state index in [0.29, 0.717) is 37.9 Å². The van der Waals surface area contributed by atoms with E-state index in [1.54, 1.807) is 4.68 Å². The third-order valence-corrected chi connectivity index (χ3v) is 5.89. The average Bonchev–Trinajstić information content (AvgIpc) is 3.16. The molecule has 1 fully saturated rings. The van der Waals surface area contributed by atoms with E-state index in [1.165, 1.54) is 0 Å². The summed E-state index contributed by atoms with van der Waals surface area (Å²) in [5.74, 6) is 2.60. The Morgan fingerprint density at radius 2 is 1.88 bits per heavy atom. The standard InChI is InChI=1S/C23H26N6O3/c1-3-32-18-7-5-4-6-16(18)17-14-21(30)24-23-22(17)15(2)27-29(23)20-9-8-19(25-26-20)28-10-12-31-13-11-28/h4-9,17H,3,10-14H2,1-2H3,(H,24,30)/t17-/m1/s1. The normalized spacial score (nSPS) is 18.2. The third kappa shape index (κ3) is 3.69. The molecule has 9 nitrogen and oxygen atoms in total. The van der Waals surface area contributed by atoms with Gasteiger partial charge >= 0.3 is 0 Å². The first-order chi connectivity index (χ1) is 15.7. The fourth-order valence-electron chi connectivity index (χ4n) is 4.43. The number of morpholine rings is 1. The van der Waals surface area contributed by atoms with Crippen molar-refractivity contribution < 1.29 is 14.3 Å². The number of benzene rings is 1. The van der Waals surface area contributed by atoms with Gasteiger partial charge in [0.1, 0.15) is 11.6 Å². The molecule has 0 spiro atoms. The second-order valence-corrected chi connectivity index (χ2v) is 7.88. The van der Waals surface area contributed by atoms with Gasteiger partial charge < -0.3 is 19.7 Å². The second-order valence-electron chi connectivity index (χ2n) is 7.88. The summed E-state index contributed by atoms with van der Waals surface area (Å²) in [5.41, 5.74) is 2.81. The van der Waals surface area contributed by atoms with Crippen molar-refractivity contribution in [3.05, 3.63) is 53.2 Å². The minimum absolute atomic E-state index is 0.0622. The first-order valence-electron chi connectivity index (χ1n) is 10.9. The molecule has 1 atom stereocenters. The predicted octanol–water partition coefficient (Wildman–Crippen LogP) is 2.68. The van der Waals surface area contributed by atoms with E-state index < -0.39 is 0 Å². The Hall–Kier alpha value is -3.46. The zero-order chi connectivity index (χ0) is 22.1. The smallest absolute Gasteiger partial charge is 0.226 e. The molecule has 5 rings (SSSR count). The lowest BCUT2D eigenvalue weighted by Crippen LogP contribution is -2.36. The molecule has 1 N–H and O–H groups in total. The van der Waals surface area contributed by atoms with Gasteiger partial charge in [-0.05, 0) is 32.0 Å². The van der Waals surface area contributed by atoms with Crippen LogP contribution in [0.3, 0.4) is 0 Å². The van der Waals surface area contributed by atoms with Crippen molar-refractivity contribution in [2.45, 2.75) is 26.2 Å². The highest BCUT2D eigenvalue weighted by molar-refractivity contribution is 5.95. The molecule has 0 aliphatic carbocycles. The maximum absolute atomic E-state index is 12.7. The molecule has 2 aliphatic heterocycles. The highest BCUT2D eigenvalue weighted by atomic mass is 16.5. The van der Waals surface area contributed by atoms with Gasteiger partial charge in [0.25, 0.3) is 0 Å². The minimum Gasteiger partial charge on any atom is -0.494 e. The van der Waals surface area contributed by atoms with Gasteiger partial charge in [-0.15, -0.1) is 10.2 Å². The number of para-hydroxylation sites is 1. The largest absolute Gasteiger partial charge is 0.494 e. The fraction of sp³-hybridized carbons (Fsp3) is 0.391. The monoisotopic (exact) mass is 434 g/mol. The zero-order valence-electron chi connectivity index (χ0n) is 18.2. The number of hydrogen-bond donors (Lipinski definition) is 1. The number of carbonyl (C=O) groups is 1. The summed E-state index contributed by atoms with van der Waals surface area (Å²) in [5, 5.41) is 16.5. The van der Waals surface area contributed by atoms with Crippen molar-refractivity contribution in [1.29, 1.82) is 0 Å². The van der Waals surface area contributed by atoms with Crippen LogP contribution in [-0.2, 0) is 9.53 Å². The van der Waals surface area contributed by atoms with Crippen LogP contribution in [0.2, 0.25) is 0 Å². The van der Waals surface area contributed by atoms with E-state index in [1.807, 2.05) is 50.2 Å². The Balaban J connectivity index is 1.53. The number of rotatable bonds is 5. The molecule has 1 aromatic carbocycles. The van der Waals surface area contributed by atoms with Crippen molar-refractivity contribution in [2.75, 3.05) is 43.1 Å². The summed E-state index contributed by atoms with van der Waals surface area (Å²) in [6, 6.07) is 11.7. The molecule has 1 saturated heterocycles. The topological polar surface area (TPSA) is 94.4 Å². The van der Waals surface area contributed by atoms with Gasteiger partial charge in [0.05, 0.1) is 25.5 Å². The first kappa shape index (κ1) is 20.4. The van der Waals surface area contributed by atoms with E-state index >= 15 is 0 Å². The summed E-state index contributed by atoms with van der Waals surface area (Å²) >= 11 is 0. The van der Waals surface area contributed by atoms with E-state index in [0.717, 1.165) is 41.5 Å². The molecule has 0 radical (unpaired) electrons. The molecule has 0 saturated carbocycles. The van der Waals surface area contributed by atoms with Gasteiger partial charge in [0.2, 0.25) is 5.91 Å². The molecule has 1 amide bonds. The van der Waals surface area contributed by atoms with E-state index in [4.69, 9.17) is 14.6 Å². The number of nitrogens with one attached hydrogen (secondary N) is 1. The summed E-state index contributed by atoms with van der Waals surface area (Å²) in [4.78, 5) is 14.8. The lowest BCUT2D eigenvalue weighted by atomic mass is 9.85. The van der Waals surface area contributed by atoms with Crippen LogP contribution in [-0.4, -0.2) is 58.8 Å². The van der Waals surface area contributed by atoms with Gasteiger partial charge in [-0.3, -0.25) is 4.79 Å². The van der Waals surface area contributed by atoms with Gasteiger partial charge in [-0.25, -0.2) is 0 Å². The molecular formula is C23H26N6O3. The lowest BCUT2D eigenvalue weighted by Gasteiger charge is -2.27. The summed E-state index contributed by atoms with van der Waals surface area (Å²) in [7, 11) is 0. The van der Waals surface area contributed by atoms with Crippen molar-refractivity contribution >= 4 is 17.5 Å². The SMILES string of the molecule is CCOc1ccccc1[C@H]1CC(=O)Nc2c1c(C)nn2-c1ccc(N2CCOCC2)nn1. The first-order valence-corrected chi connectivity index (χ1v) is 10.9. The molecular weight excluding hydrogens is 408 g/mol. The molecule has 4 heterocycles. The predicted molar refractivity (Wildman–Crippen MR) is 120 cm³/mol. The van der Waals surface area contributed by atoms with Crippen molar-refractivity contribution in [2.24, 2.45) is 0 Å². The Labute approximate surface area is 186 Å². The second kappa shape index (κ2) is 8.58. The molecule has 0 bridgehead atoms. The van der Waals surface area contributed by atoms with Gasteiger partial charge in [-0.2, -0.15) is 9.78 Å². The maximum Gasteiger partial charge on any atom is 0.226 e. The summed E-state index contributed by atoms with van der Waals surface area (Å²) < 4.78 is 12.9. The number of anilines is 2. The van der Waals surface area contributed by atoms with E-state index in [-0.39, 0.29) is 11.8 Å². The molecule has 166 valence electrons. The molecule has 9 heteroatoms. The molecule has 2 aromatic heterocycles. The number of carbonyl (C=O) groups excluding carboxylic acids is 1. The Morgan fingerprint density at radius 1 is 1.12 bits per heavy atom. The van der Waals surface area contributed by atoms with Crippen LogP contribution in [0.1, 0.15) is 36.1 Å². The Kier molecular flexibility index (Phi) is 5.48. The van der Waals surface area contributed by atoms with Crippen LogP contribution in [0.5, 0.6) is 5.75 Å². The maximum atomic E-state index is 12.7. The number of fused-ring (bicyclic) bond motifs is 1. The average molecular weight is 435 g/mol. The van der Waals surface area contributed by atoms with Crippen LogP contribution in [0.15, 0.2) is 36.4 Å². The number of aryl methyl sites for hydroxylation is 1.